The predicted octanol–water partition coefficient (Wildman–Crippen LogP) is 4.30. The van der Waals surface area contributed by atoms with Crippen LogP contribution in [0.2, 0.25) is 0 Å². The molecule has 0 aliphatic carbocycles. The molecule has 1 fully saturated rings. The van der Waals surface area contributed by atoms with E-state index in [-0.39, 0.29) is 23.0 Å². The van der Waals surface area contributed by atoms with Gasteiger partial charge < -0.3 is 20.1 Å². The van der Waals surface area contributed by atoms with E-state index in [1.807, 2.05) is 0 Å². The smallest absolute Gasteiger partial charge is 0.325 e. The van der Waals surface area contributed by atoms with Crippen LogP contribution in [0.4, 0.5) is 14.3 Å². The molecule has 2 N–H and O–H groups in total. The summed E-state index contributed by atoms with van der Waals surface area (Å²) in [5.41, 5.74) is 1.27. The van der Waals surface area contributed by atoms with Crippen LogP contribution in [-0.4, -0.2) is 59.9 Å². The van der Waals surface area contributed by atoms with Crippen LogP contribution in [0.3, 0.4) is 0 Å². The molecular formula is C28H29FN4O6S. The first-order chi connectivity index (χ1) is 19.2. The largest absolute Gasteiger partial charge is 0.491 e. The minimum absolute atomic E-state index is 0.158. The summed E-state index contributed by atoms with van der Waals surface area (Å²) in [6.07, 6.45) is 0.255. The molecule has 0 radical (unpaired) electrons. The number of thiazole rings is 1. The molecule has 0 bridgehead atoms. The number of methoxy groups -OCH3 is 1. The van der Waals surface area contributed by atoms with E-state index in [4.69, 9.17) is 9.47 Å². The van der Waals surface area contributed by atoms with Gasteiger partial charge in [-0.3, -0.25) is 14.4 Å². The second-order valence-corrected chi connectivity index (χ2v) is 9.95. The van der Waals surface area contributed by atoms with Gasteiger partial charge in [0, 0.05) is 24.8 Å². The first-order valence-electron chi connectivity index (χ1n) is 12.6. The summed E-state index contributed by atoms with van der Waals surface area (Å²) in [5.74, 6) is -2.07. The van der Waals surface area contributed by atoms with Crippen LogP contribution < -0.4 is 15.4 Å². The van der Waals surface area contributed by atoms with E-state index >= 15 is 0 Å². The van der Waals surface area contributed by atoms with Gasteiger partial charge in [0.05, 0.1) is 6.61 Å². The molecule has 1 aromatic heterocycles. The number of rotatable bonds is 12. The number of nitrogens with zero attached hydrogens (tertiary/aromatic N) is 2. The third-order valence-corrected chi connectivity index (χ3v) is 7.26. The Balaban J connectivity index is 1.61. The molecule has 10 nitrogen and oxygen atoms in total. The molecule has 3 aromatic rings. The van der Waals surface area contributed by atoms with E-state index in [2.05, 4.69) is 15.6 Å². The fraction of sp³-hybridized carbons (Fsp3) is 0.321. The molecule has 0 spiro atoms. The number of ether oxygens (including phenoxy) is 2. The molecule has 1 saturated heterocycles. The van der Waals surface area contributed by atoms with Crippen molar-refractivity contribution in [1.29, 1.82) is 0 Å². The number of ketones is 1. The van der Waals surface area contributed by atoms with Crippen molar-refractivity contribution in [2.75, 3.05) is 25.6 Å². The summed E-state index contributed by atoms with van der Waals surface area (Å²) in [6, 6.07) is 9.10. The Morgan fingerprint density at radius 2 is 1.82 bits per heavy atom. The van der Waals surface area contributed by atoms with Gasteiger partial charge in [-0.1, -0.05) is 38.1 Å². The summed E-state index contributed by atoms with van der Waals surface area (Å²) in [5, 5.41) is 7.00. The summed E-state index contributed by atoms with van der Waals surface area (Å²) >= 11 is 1.06. The SMILES string of the molecule is CCC(=O)c1csc(NC(=O)[C@H]([C@@H](C)c2ccc(F)cc2)N2C(=O)N[C@H](c3ccc(OCCOC)cc3)C2=O)n1. The molecule has 0 saturated carbocycles. The van der Waals surface area contributed by atoms with Gasteiger partial charge in [0.15, 0.2) is 10.9 Å². The Bertz CT molecular complexity index is 1380. The Hall–Kier alpha value is -4.16. The van der Waals surface area contributed by atoms with Crippen molar-refractivity contribution in [2.45, 2.75) is 38.3 Å². The maximum atomic E-state index is 13.6. The van der Waals surface area contributed by atoms with Crippen LogP contribution in [0.5, 0.6) is 5.75 Å². The average Bonchev–Trinajstić information content (AvgIpc) is 3.53. The van der Waals surface area contributed by atoms with Gasteiger partial charge in [-0.05, 0) is 35.4 Å². The van der Waals surface area contributed by atoms with Crippen molar-refractivity contribution in [3.8, 4) is 5.75 Å². The molecule has 4 amide bonds. The minimum atomic E-state index is -1.30. The Labute approximate surface area is 234 Å². The summed E-state index contributed by atoms with van der Waals surface area (Å²) in [7, 11) is 1.57. The van der Waals surface area contributed by atoms with E-state index in [1.165, 1.54) is 29.6 Å². The summed E-state index contributed by atoms with van der Waals surface area (Å²) in [6.45, 7) is 4.15. The van der Waals surface area contributed by atoms with Crippen molar-refractivity contribution < 1.29 is 33.0 Å². The molecule has 12 heteroatoms. The third kappa shape index (κ3) is 6.35. The average molecular weight is 569 g/mol. The molecule has 2 aromatic carbocycles. The second-order valence-electron chi connectivity index (χ2n) is 9.09. The number of benzene rings is 2. The summed E-state index contributed by atoms with van der Waals surface area (Å²) in [4.78, 5) is 57.5. The van der Waals surface area contributed by atoms with Crippen molar-refractivity contribution >= 4 is 40.1 Å². The monoisotopic (exact) mass is 568 g/mol. The van der Waals surface area contributed by atoms with Gasteiger partial charge in [-0.15, -0.1) is 11.3 Å². The van der Waals surface area contributed by atoms with Crippen LogP contribution in [0.15, 0.2) is 53.9 Å². The lowest BCUT2D eigenvalue weighted by atomic mass is 9.91. The van der Waals surface area contributed by atoms with Crippen LogP contribution in [0.25, 0.3) is 0 Å². The number of halogens is 1. The molecular weight excluding hydrogens is 539 g/mol. The fourth-order valence-electron chi connectivity index (χ4n) is 4.32. The van der Waals surface area contributed by atoms with Crippen molar-refractivity contribution in [1.82, 2.24) is 15.2 Å². The van der Waals surface area contributed by atoms with Crippen LogP contribution in [-0.2, 0) is 14.3 Å². The zero-order chi connectivity index (χ0) is 28.8. The molecule has 3 atom stereocenters. The molecule has 0 unspecified atom stereocenters. The lowest BCUT2D eigenvalue weighted by molar-refractivity contribution is -0.134. The van der Waals surface area contributed by atoms with Gasteiger partial charge in [0.25, 0.3) is 5.91 Å². The van der Waals surface area contributed by atoms with E-state index in [9.17, 15) is 23.6 Å². The lowest BCUT2D eigenvalue weighted by Gasteiger charge is -2.29. The number of carbonyl (C=O) groups excluding carboxylic acids is 4. The highest BCUT2D eigenvalue weighted by Crippen LogP contribution is 2.32. The standard InChI is InChI=1S/C28H29FN4O6S/c1-4-22(34)21-15-40-27(30-21)32-25(35)24(16(2)17-5-9-19(29)10-6-17)33-26(36)23(31-28(33)37)18-7-11-20(12-8-18)39-14-13-38-3/h5-12,15-16,23-24H,4,13-14H2,1-3H3,(H,31,37)(H,30,32,35)/t16-,23+,24-/m0/s1. The van der Waals surface area contributed by atoms with E-state index in [1.54, 1.807) is 45.2 Å². The van der Waals surface area contributed by atoms with Crippen LogP contribution in [0, 0.1) is 5.82 Å². The van der Waals surface area contributed by atoms with Crippen molar-refractivity contribution in [3.63, 3.8) is 0 Å². The Morgan fingerprint density at radius 3 is 2.48 bits per heavy atom. The predicted molar refractivity (Wildman–Crippen MR) is 146 cm³/mol. The molecule has 4 rings (SSSR count). The highest BCUT2D eigenvalue weighted by atomic mass is 32.1. The van der Waals surface area contributed by atoms with E-state index in [0.717, 1.165) is 16.2 Å². The third-order valence-electron chi connectivity index (χ3n) is 6.50. The molecule has 1 aliphatic heterocycles. The number of hydrogen-bond donors (Lipinski definition) is 2. The topological polar surface area (TPSA) is 127 Å². The highest BCUT2D eigenvalue weighted by molar-refractivity contribution is 7.14. The minimum Gasteiger partial charge on any atom is -0.491 e. The number of anilines is 1. The van der Waals surface area contributed by atoms with Crippen LogP contribution in [0.1, 0.15) is 53.8 Å². The summed E-state index contributed by atoms with van der Waals surface area (Å²) < 4.78 is 24.1. The zero-order valence-electron chi connectivity index (χ0n) is 22.2. The lowest BCUT2D eigenvalue weighted by Crippen LogP contribution is -2.50. The van der Waals surface area contributed by atoms with Gasteiger partial charge in [0.1, 0.15) is 36.0 Å². The van der Waals surface area contributed by atoms with E-state index < -0.39 is 41.7 Å². The van der Waals surface area contributed by atoms with Crippen molar-refractivity contribution in [3.05, 3.63) is 76.5 Å². The maximum Gasteiger partial charge on any atom is 0.325 e. The first kappa shape index (κ1) is 28.8. The van der Waals surface area contributed by atoms with Crippen LogP contribution >= 0.6 is 11.3 Å². The Morgan fingerprint density at radius 1 is 1.12 bits per heavy atom. The number of hydrogen-bond acceptors (Lipinski definition) is 8. The Kier molecular flexibility index (Phi) is 9.22. The maximum absolute atomic E-state index is 13.6. The zero-order valence-corrected chi connectivity index (χ0v) is 23.0. The van der Waals surface area contributed by atoms with Gasteiger partial charge >= 0.3 is 6.03 Å². The normalized spacial score (nSPS) is 16.4. The number of carbonyl (C=O) groups is 4. The first-order valence-corrected chi connectivity index (χ1v) is 13.5. The second kappa shape index (κ2) is 12.8. The number of imide groups is 1. The fourth-order valence-corrected chi connectivity index (χ4v) is 5.04. The quantitative estimate of drug-likeness (QED) is 0.189. The van der Waals surface area contributed by atoms with Gasteiger partial charge in [-0.25, -0.2) is 19.1 Å². The number of urea groups is 1. The number of Topliss-reactive ketones (excluding diaryl/α,β-unsaturated/α-hetero) is 1. The van der Waals surface area contributed by atoms with Gasteiger partial charge in [0.2, 0.25) is 5.91 Å². The molecule has 40 heavy (non-hydrogen) atoms. The number of aromatic nitrogens is 1. The number of amides is 4. The molecule has 1 aliphatic rings. The molecule has 210 valence electrons. The van der Waals surface area contributed by atoms with Gasteiger partial charge in [-0.2, -0.15) is 0 Å². The van der Waals surface area contributed by atoms with Crippen molar-refractivity contribution in [2.24, 2.45) is 0 Å². The number of nitrogens with one attached hydrogen (secondary N) is 2. The molecule has 2 heterocycles. The van der Waals surface area contributed by atoms with E-state index in [0.29, 0.717) is 30.1 Å². The highest BCUT2D eigenvalue weighted by Gasteiger charge is 2.47.